The van der Waals surface area contributed by atoms with Gasteiger partial charge >= 0.3 is 5.97 Å². The number of nitrogens with one attached hydrogen (secondary N) is 2. The molecule has 0 aliphatic carbocycles. The molecule has 65 heavy (non-hydrogen) atoms. The van der Waals surface area contributed by atoms with E-state index < -0.39 is 11.9 Å². The number of aromatic carboxylic acids is 1. The lowest BCUT2D eigenvalue weighted by Gasteiger charge is -2.26. The molecule has 10 heteroatoms. The van der Waals surface area contributed by atoms with E-state index in [1.165, 1.54) is 12.1 Å². The first-order chi connectivity index (χ1) is 31.6. The summed E-state index contributed by atoms with van der Waals surface area (Å²) in [5, 5.41) is 25.3. The molecule has 0 fully saturated rings. The van der Waals surface area contributed by atoms with Gasteiger partial charge in [0.15, 0.2) is 0 Å². The number of carbonyl (C=O) groups excluding carboxylic acids is 2. The van der Waals surface area contributed by atoms with Crippen LogP contribution in [-0.2, 0) is 21.7 Å². The van der Waals surface area contributed by atoms with Crippen molar-refractivity contribution in [3.05, 3.63) is 222 Å². The number of carboxylic acids is 1. The van der Waals surface area contributed by atoms with Gasteiger partial charge in [0.1, 0.15) is 36.4 Å². The number of ether oxygens (including phenoxy) is 2. The van der Waals surface area contributed by atoms with Crippen molar-refractivity contribution in [1.29, 1.82) is 0 Å². The average molecular weight is 863 g/mol. The minimum absolute atomic E-state index is 0.0475. The van der Waals surface area contributed by atoms with Crippen molar-refractivity contribution < 1.29 is 39.1 Å². The molecule has 4 N–H and O–H groups in total. The monoisotopic (exact) mass is 862 g/mol. The molecule has 0 atom stereocenters. The van der Waals surface area contributed by atoms with Crippen LogP contribution in [0, 0.1) is 0 Å². The number of amides is 1. The lowest BCUT2D eigenvalue weighted by atomic mass is 9.78. The molecule has 324 valence electrons. The van der Waals surface area contributed by atoms with Crippen molar-refractivity contribution in [2.75, 3.05) is 10.6 Å². The van der Waals surface area contributed by atoms with E-state index in [1.807, 2.05) is 146 Å². The van der Waals surface area contributed by atoms with E-state index in [9.17, 15) is 20.0 Å². The molecule has 0 unspecified atom stereocenters. The largest absolute Gasteiger partial charge is 0.478 e. The van der Waals surface area contributed by atoms with Crippen LogP contribution >= 0.6 is 0 Å². The van der Waals surface area contributed by atoms with Crippen LogP contribution in [0.4, 0.5) is 17.1 Å². The van der Waals surface area contributed by atoms with Gasteiger partial charge in [-0.15, -0.1) is 0 Å². The molecule has 0 aromatic heterocycles. The van der Waals surface area contributed by atoms with Gasteiger partial charge in [0.25, 0.3) is 5.91 Å². The fraction of sp³-hybridized carbons (Fsp3) is 0.0727. The Morgan fingerprint density at radius 2 is 0.969 bits per heavy atom. The number of carbonyl (C=O) groups is 3. The normalized spacial score (nSPS) is 10.8. The molecule has 0 radical (unpaired) electrons. The Hall–Kier alpha value is -8.31. The third kappa shape index (κ3) is 11.0. The summed E-state index contributed by atoms with van der Waals surface area (Å²) in [7, 11) is 0. The van der Waals surface area contributed by atoms with Crippen molar-refractivity contribution >= 4 is 35.7 Å². The predicted molar refractivity (Wildman–Crippen MR) is 255 cm³/mol. The first-order valence-electron chi connectivity index (χ1n) is 20.6. The highest BCUT2D eigenvalue weighted by Gasteiger charge is 2.24. The second kappa shape index (κ2) is 20.7. The number of hydrogen-bond donors (Lipinski definition) is 4. The maximum absolute atomic E-state index is 13.2. The topological polar surface area (TPSA) is 143 Å². The highest BCUT2D eigenvalue weighted by atomic mass is 17.1. The summed E-state index contributed by atoms with van der Waals surface area (Å²) in [5.74, 6) is 0.943. The zero-order chi connectivity index (χ0) is 45.8. The van der Waals surface area contributed by atoms with E-state index >= 15 is 0 Å². The molecule has 0 spiro atoms. The molecule has 8 aromatic rings. The van der Waals surface area contributed by atoms with Crippen molar-refractivity contribution in [3.63, 3.8) is 0 Å². The number of anilines is 3. The fourth-order valence-electron chi connectivity index (χ4n) is 7.33. The van der Waals surface area contributed by atoms with Gasteiger partial charge in [-0.05, 0) is 130 Å². The molecule has 1 amide bonds. The van der Waals surface area contributed by atoms with Crippen LogP contribution in [0.2, 0.25) is 0 Å². The Morgan fingerprint density at radius 3 is 1.45 bits per heavy atom. The lowest BCUT2D eigenvalue weighted by molar-refractivity contribution is -0.252. The number of benzene rings is 8. The van der Waals surface area contributed by atoms with E-state index in [2.05, 4.69) is 41.5 Å². The summed E-state index contributed by atoms with van der Waals surface area (Å²) in [6.45, 7) is 6.38. The van der Waals surface area contributed by atoms with E-state index in [1.54, 1.807) is 30.3 Å². The van der Waals surface area contributed by atoms with Gasteiger partial charge in [-0.1, -0.05) is 111 Å². The molecule has 0 saturated heterocycles. The Morgan fingerprint density at radius 1 is 0.523 bits per heavy atom. The predicted octanol–water partition coefficient (Wildman–Crippen LogP) is 13.4. The number of hydrogen-bond acceptors (Lipinski definition) is 8. The Kier molecular flexibility index (Phi) is 14.3. The zero-order valence-corrected chi connectivity index (χ0v) is 35.7. The van der Waals surface area contributed by atoms with Crippen molar-refractivity contribution in [2.24, 2.45) is 0 Å². The van der Waals surface area contributed by atoms with Crippen LogP contribution < -0.4 is 20.1 Å². The molecule has 8 rings (SSSR count). The van der Waals surface area contributed by atoms with Crippen LogP contribution in [0.1, 0.15) is 51.3 Å². The van der Waals surface area contributed by atoms with Crippen LogP contribution in [0.25, 0.3) is 22.3 Å². The Bertz CT molecular complexity index is 2850. The standard InChI is InChI=1S/C54H44N2O7.CH2O/c1-54(2,41-15-23-45(24-16-41)62-47-27-19-43(20-28-47)55-51-32-14-38(33-40(51)35-61-60)36-9-5-3-6-10-36)42-17-25-46(26-18-42)63-48-29-21-44(22-30-48)56-52(57)49-31-13-39(34-50(49)53(58)59)37-11-7-4-8-12-37;1-2/h3-34,55,60H,35H2,1-2H3,(H,56,57)(H,58,59);1H2. The Balaban J connectivity index is 0.00000311. The van der Waals surface area contributed by atoms with Gasteiger partial charge in [0, 0.05) is 28.0 Å². The zero-order valence-electron chi connectivity index (χ0n) is 35.7. The van der Waals surface area contributed by atoms with Gasteiger partial charge in [0.2, 0.25) is 0 Å². The van der Waals surface area contributed by atoms with E-state index in [-0.39, 0.29) is 23.1 Å². The highest BCUT2D eigenvalue weighted by Crippen LogP contribution is 2.36. The Labute approximate surface area is 377 Å². The molecule has 8 aromatic carbocycles. The minimum atomic E-state index is -1.18. The van der Waals surface area contributed by atoms with Crippen molar-refractivity contribution in [3.8, 4) is 45.3 Å². The lowest BCUT2D eigenvalue weighted by Crippen LogP contribution is -2.18. The fourth-order valence-corrected chi connectivity index (χ4v) is 7.33. The first kappa shape index (κ1) is 44.7. The van der Waals surface area contributed by atoms with Crippen LogP contribution in [0.15, 0.2) is 194 Å². The maximum Gasteiger partial charge on any atom is 0.336 e. The van der Waals surface area contributed by atoms with Crippen LogP contribution in [0.3, 0.4) is 0 Å². The number of rotatable bonds is 15. The van der Waals surface area contributed by atoms with Gasteiger partial charge in [-0.25, -0.2) is 9.68 Å². The first-order valence-corrected chi connectivity index (χ1v) is 20.6. The van der Waals surface area contributed by atoms with E-state index in [0.717, 1.165) is 44.8 Å². The quantitative estimate of drug-likeness (QED) is 0.0585. The van der Waals surface area contributed by atoms with E-state index in [0.29, 0.717) is 34.2 Å². The minimum Gasteiger partial charge on any atom is -0.478 e. The van der Waals surface area contributed by atoms with Gasteiger partial charge < -0.3 is 30.0 Å². The smallest absolute Gasteiger partial charge is 0.336 e. The summed E-state index contributed by atoms with van der Waals surface area (Å²) in [6, 6.07) is 60.9. The summed E-state index contributed by atoms with van der Waals surface area (Å²) in [4.78, 5) is 37.8. The average Bonchev–Trinajstić information content (AvgIpc) is 3.34. The summed E-state index contributed by atoms with van der Waals surface area (Å²) < 4.78 is 12.3. The van der Waals surface area contributed by atoms with Crippen molar-refractivity contribution in [2.45, 2.75) is 25.9 Å². The van der Waals surface area contributed by atoms with Crippen LogP contribution in [-0.4, -0.2) is 29.0 Å². The van der Waals surface area contributed by atoms with Gasteiger partial charge in [0.05, 0.1) is 11.1 Å². The SMILES string of the molecule is C=O.CC(C)(c1ccc(Oc2ccc(NC(=O)c3ccc(-c4ccccc4)cc3C(=O)O)cc2)cc1)c1ccc(Oc2ccc(Nc3ccc(-c4ccccc4)cc3COO)cc2)cc1. The maximum atomic E-state index is 13.2. The third-order valence-electron chi connectivity index (χ3n) is 10.9. The summed E-state index contributed by atoms with van der Waals surface area (Å²) >= 11 is 0. The van der Waals surface area contributed by atoms with Crippen LogP contribution in [0.5, 0.6) is 23.0 Å². The second-order valence-corrected chi connectivity index (χ2v) is 15.4. The van der Waals surface area contributed by atoms with Gasteiger partial charge in [-0.3, -0.25) is 10.1 Å². The highest BCUT2D eigenvalue weighted by molar-refractivity contribution is 6.11. The molecule has 10 nitrogen and oxygen atoms in total. The third-order valence-corrected chi connectivity index (χ3v) is 10.9. The molecular weight excluding hydrogens is 817 g/mol. The van der Waals surface area contributed by atoms with Crippen molar-refractivity contribution in [1.82, 2.24) is 0 Å². The summed E-state index contributed by atoms with van der Waals surface area (Å²) in [6.07, 6.45) is 0. The number of carboxylic acid groups (broad SMARTS) is 1. The molecular formula is C55H46N2O8. The molecule has 0 bridgehead atoms. The molecule has 0 heterocycles. The second-order valence-electron chi connectivity index (χ2n) is 15.4. The van der Waals surface area contributed by atoms with Gasteiger partial charge in [-0.2, -0.15) is 0 Å². The summed E-state index contributed by atoms with van der Waals surface area (Å²) in [5.41, 5.74) is 8.60. The van der Waals surface area contributed by atoms with E-state index in [4.69, 9.17) is 14.3 Å². The molecule has 0 aliphatic heterocycles. The molecule has 0 saturated carbocycles. The molecule has 0 aliphatic rings.